The largest absolute Gasteiger partial charge is 0.264 e. The summed E-state index contributed by atoms with van der Waals surface area (Å²) < 4.78 is 2.62. The second-order valence-corrected chi connectivity index (χ2v) is 10.8. The first kappa shape index (κ1) is 22.1. The Hall–Kier alpha value is -4.93. The molecule has 5 aromatic carbocycles. The molecule has 0 radical (unpaired) electrons. The average molecular weight is 516 g/mol. The van der Waals surface area contributed by atoms with Crippen LogP contribution >= 0.6 is 11.3 Å². The first-order valence-corrected chi connectivity index (χ1v) is 13.8. The Morgan fingerprint density at radius 3 is 2.05 bits per heavy atom. The van der Waals surface area contributed by atoms with E-state index in [1.165, 1.54) is 36.3 Å². The van der Waals surface area contributed by atoms with Gasteiger partial charge in [-0.2, -0.15) is 0 Å². The molecule has 0 aliphatic rings. The second kappa shape index (κ2) is 8.83. The summed E-state index contributed by atoms with van der Waals surface area (Å²) in [5.74, 6) is 0.712. The molecule has 3 heterocycles. The predicted octanol–water partition coefficient (Wildman–Crippen LogP) is 9.55. The van der Waals surface area contributed by atoms with Crippen molar-refractivity contribution in [3.8, 4) is 33.9 Å². The van der Waals surface area contributed by atoms with Crippen molar-refractivity contribution in [2.24, 2.45) is 0 Å². The number of thiophene rings is 1. The van der Waals surface area contributed by atoms with Crippen LogP contribution in [0, 0.1) is 0 Å². The summed E-state index contributed by atoms with van der Waals surface area (Å²) in [4.78, 5) is 14.6. The van der Waals surface area contributed by atoms with Crippen LogP contribution in [0.5, 0.6) is 0 Å². The van der Waals surface area contributed by atoms with Gasteiger partial charge in [0.25, 0.3) is 0 Å². The molecule has 3 aromatic heterocycles. The minimum absolute atomic E-state index is 0.712. The number of pyridine rings is 1. The Labute approximate surface area is 229 Å². The highest BCUT2D eigenvalue weighted by Crippen LogP contribution is 2.43. The summed E-state index contributed by atoms with van der Waals surface area (Å²) in [5, 5.41) is 7.48. The molecular formula is C35H21N3S. The molecule has 0 unspecified atom stereocenters. The maximum absolute atomic E-state index is 5.13. The normalized spacial score (nSPS) is 11.6. The van der Waals surface area contributed by atoms with Gasteiger partial charge in [0.05, 0.1) is 11.4 Å². The van der Waals surface area contributed by atoms with Gasteiger partial charge in [0.1, 0.15) is 0 Å². The van der Waals surface area contributed by atoms with E-state index in [2.05, 4.69) is 89.9 Å². The van der Waals surface area contributed by atoms with Crippen molar-refractivity contribution in [2.45, 2.75) is 0 Å². The van der Waals surface area contributed by atoms with Gasteiger partial charge >= 0.3 is 0 Å². The molecule has 0 N–H and O–H groups in total. The zero-order chi connectivity index (χ0) is 25.8. The Balaban J connectivity index is 1.47. The molecule has 0 saturated heterocycles. The average Bonchev–Trinajstić information content (AvgIpc) is 3.40. The zero-order valence-electron chi connectivity index (χ0n) is 20.9. The quantitative estimate of drug-likeness (QED) is 0.220. The number of hydrogen-bond donors (Lipinski definition) is 0. The molecule has 0 spiro atoms. The van der Waals surface area contributed by atoms with Gasteiger partial charge in [-0.1, -0.05) is 78.9 Å². The molecule has 39 heavy (non-hydrogen) atoms. The summed E-state index contributed by atoms with van der Waals surface area (Å²) in [6.07, 6.45) is 3.65. The van der Waals surface area contributed by atoms with Gasteiger partial charge in [0.15, 0.2) is 5.82 Å². The van der Waals surface area contributed by atoms with Crippen LogP contribution in [0.2, 0.25) is 0 Å². The van der Waals surface area contributed by atoms with Gasteiger partial charge in [-0.05, 0) is 57.9 Å². The Morgan fingerprint density at radius 2 is 1.23 bits per heavy atom. The third-order valence-corrected chi connectivity index (χ3v) is 8.49. The van der Waals surface area contributed by atoms with Crippen LogP contribution < -0.4 is 0 Å². The summed E-state index contributed by atoms with van der Waals surface area (Å²) in [6, 6.07) is 40.5. The van der Waals surface area contributed by atoms with Crippen LogP contribution in [0.1, 0.15) is 0 Å². The Bertz CT molecular complexity index is 2110. The van der Waals surface area contributed by atoms with Crippen LogP contribution in [-0.4, -0.2) is 15.0 Å². The molecule has 0 saturated carbocycles. The first-order valence-electron chi connectivity index (χ1n) is 12.9. The van der Waals surface area contributed by atoms with Gasteiger partial charge in [-0.25, -0.2) is 9.97 Å². The van der Waals surface area contributed by atoms with E-state index in [1.54, 1.807) is 6.20 Å². The highest BCUT2D eigenvalue weighted by atomic mass is 32.1. The Kier molecular flexibility index (Phi) is 5.00. The lowest BCUT2D eigenvalue weighted by Gasteiger charge is -2.13. The standard InChI is InChI=1S/C35H21N3S/c1-2-9-22(10-3-1)29-20-30(24-11-8-18-36-21-24)38-35(37-29)28-19-23-16-17-32-34(27-14-6-7-15-31(27)39-32)33(23)26-13-5-4-12-25(26)28/h1-21H. The topological polar surface area (TPSA) is 38.7 Å². The molecule has 0 bridgehead atoms. The van der Waals surface area contributed by atoms with E-state index in [9.17, 15) is 0 Å². The van der Waals surface area contributed by atoms with Crippen LogP contribution in [0.25, 0.3) is 75.6 Å². The fraction of sp³-hybridized carbons (Fsp3) is 0. The SMILES string of the molecule is c1ccc(-c2cc(-c3cccnc3)nc(-c3cc4ccc5sc6ccccc6c5c4c4ccccc34)n2)cc1. The number of benzene rings is 5. The van der Waals surface area contributed by atoms with Gasteiger partial charge in [0.2, 0.25) is 0 Å². The minimum atomic E-state index is 0.712. The summed E-state index contributed by atoms with van der Waals surface area (Å²) in [5.41, 5.74) is 4.80. The van der Waals surface area contributed by atoms with Crippen LogP contribution in [-0.2, 0) is 0 Å². The third-order valence-electron chi connectivity index (χ3n) is 7.36. The molecule has 0 aliphatic carbocycles. The molecule has 8 rings (SSSR count). The van der Waals surface area contributed by atoms with Gasteiger partial charge in [-0.15, -0.1) is 11.3 Å². The summed E-state index contributed by atoms with van der Waals surface area (Å²) in [6.45, 7) is 0. The lowest BCUT2D eigenvalue weighted by atomic mass is 9.93. The van der Waals surface area contributed by atoms with Crippen molar-refractivity contribution in [2.75, 3.05) is 0 Å². The molecule has 0 aliphatic heterocycles. The van der Waals surface area contributed by atoms with E-state index >= 15 is 0 Å². The fourth-order valence-electron chi connectivity index (χ4n) is 5.58. The van der Waals surface area contributed by atoms with Gasteiger partial charge < -0.3 is 0 Å². The van der Waals surface area contributed by atoms with Crippen LogP contribution in [0.4, 0.5) is 0 Å². The zero-order valence-corrected chi connectivity index (χ0v) is 21.7. The van der Waals surface area contributed by atoms with Crippen molar-refractivity contribution in [3.05, 3.63) is 128 Å². The second-order valence-electron chi connectivity index (χ2n) is 9.67. The number of nitrogens with zero attached hydrogens (tertiary/aromatic N) is 3. The van der Waals surface area contributed by atoms with Gasteiger partial charge in [-0.3, -0.25) is 4.98 Å². The van der Waals surface area contributed by atoms with Crippen LogP contribution in [0.3, 0.4) is 0 Å². The minimum Gasteiger partial charge on any atom is -0.264 e. The van der Waals surface area contributed by atoms with E-state index in [0.717, 1.165) is 33.5 Å². The first-order chi connectivity index (χ1) is 19.3. The lowest BCUT2D eigenvalue weighted by Crippen LogP contribution is -1.97. The van der Waals surface area contributed by atoms with Crippen LogP contribution in [0.15, 0.2) is 128 Å². The Morgan fingerprint density at radius 1 is 0.513 bits per heavy atom. The number of rotatable bonds is 3. The highest BCUT2D eigenvalue weighted by Gasteiger charge is 2.17. The summed E-state index contributed by atoms with van der Waals surface area (Å²) >= 11 is 1.85. The molecule has 4 heteroatoms. The van der Waals surface area contributed by atoms with E-state index in [4.69, 9.17) is 9.97 Å². The van der Waals surface area contributed by atoms with E-state index in [1.807, 2.05) is 47.9 Å². The van der Waals surface area contributed by atoms with Crippen molar-refractivity contribution in [3.63, 3.8) is 0 Å². The van der Waals surface area contributed by atoms with E-state index in [0.29, 0.717) is 5.82 Å². The number of hydrogen-bond acceptors (Lipinski definition) is 4. The monoisotopic (exact) mass is 515 g/mol. The molecule has 0 amide bonds. The van der Waals surface area contributed by atoms with Gasteiger partial charge in [0, 0.05) is 49.3 Å². The van der Waals surface area contributed by atoms with Crippen molar-refractivity contribution >= 4 is 53.1 Å². The lowest BCUT2D eigenvalue weighted by molar-refractivity contribution is 1.18. The van der Waals surface area contributed by atoms with Crippen molar-refractivity contribution in [1.29, 1.82) is 0 Å². The smallest absolute Gasteiger partial charge is 0.161 e. The fourth-order valence-corrected chi connectivity index (χ4v) is 6.70. The molecule has 8 aromatic rings. The molecule has 0 atom stereocenters. The predicted molar refractivity (Wildman–Crippen MR) is 164 cm³/mol. The van der Waals surface area contributed by atoms with E-state index < -0.39 is 0 Å². The number of aromatic nitrogens is 3. The third kappa shape index (κ3) is 3.61. The van der Waals surface area contributed by atoms with Crippen molar-refractivity contribution in [1.82, 2.24) is 15.0 Å². The maximum Gasteiger partial charge on any atom is 0.161 e. The molecule has 0 fully saturated rings. The van der Waals surface area contributed by atoms with Crippen molar-refractivity contribution < 1.29 is 0 Å². The molecule has 182 valence electrons. The number of fused-ring (bicyclic) bond motifs is 7. The summed E-state index contributed by atoms with van der Waals surface area (Å²) in [7, 11) is 0. The van der Waals surface area contributed by atoms with E-state index in [-0.39, 0.29) is 0 Å². The maximum atomic E-state index is 5.13. The molecule has 3 nitrogen and oxygen atoms in total. The molecular weight excluding hydrogens is 494 g/mol. The highest BCUT2D eigenvalue weighted by molar-refractivity contribution is 7.26.